The van der Waals surface area contributed by atoms with Crippen LogP contribution in [0.5, 0.6) is 0 Å². The first-order chi connectivity index (χ1) is 7.09. The first-order valence-electron chi connectivity index (χ1n) is 5.30. The van der Waals surface area contributed by atoms with Crippen LogP contribution in [0.3, 0.4) is 0 Å². The van der Waals surface area contributed by atoms with Crippen LogP contribution < -0.4 is 5.73 Å². The molecule has 1 saturated carbocycles. The van der Waals surface area contributed by atoms with E-state index in [1.807, 2.05) is 6.92 Å². The Kier molecular flexibility index (Phi) is 2.74. The van der Waals surface area contributed by atoms with Crippen LogP contribution in [0, 0.1) is 17.6 Å². The molecule has 3 atom stereocenters. The predicted molar refractivity (Wildman–Crippen MR) is 55.5 cm³/mol. The summed E-state index contributed by atoms with van der Waals surface area (Å²) in [5.74, 6) is -0.558. The SMILES string of the molecule is CC1C(N)CCC1c1ccc(F)cc1F. The van der Waals surface area contributed by atoms with Crippen molar-refractivity contribution < 1.29 is 8.78 Å². The Labute approximate surface area is 88.3 Å². The molecule has 0 radical (unpaired) electrons. The van der Waals surface area contributed by atoms with Gasteiger partial charge in [-0.15, -0.1) is 0 Å². The molecule has 82 valence electrons. The molecule has 1 fully saturated rings. The van der Waals surface area contributed by atoms with Crippen molar-refractivity contribution in [3.8, 4) is 0 Å². The Morgan fingerprint density at radius 3 is 2.53 bits per heavy atom. The Bertz CT molecular complexity index is 365. The van der Waals surface area contributed by atoms with Gasteiger partial charge in [0.2, 0.25) is 0 Å². The van der Waals surface area contributed by atoms with Crippen LogP contribution in [-0.4, -0.2) is 6.04 Å². The molecule has 0 aromatic heterocycles. The molecule has 0 spiro atoms. The lowest BCUT2D eigenvalue weighted by molar-refractivity contribution is 0.460. The van der Waals surface area contributed by atoms with Gasteiger partial charge in [0.25, 0.3) is 0 Å². The van der Waals surface area contributed by atoms with Gasteiger partial charge in [-0.1, -0.05) is 13.0 Å². The van der Waals surface area contributed by atoms with E-state index < -0.39 is 11.6 Å². The molecule has 0 saturated heterocycles. The molecule has 1 aliphatic carbocycles. The predicted octanol–water partition coefficient (Wildman–Crippen LogP) is 2.81. The van der Waals surface area contributed by atoms with Crippen molar-refractivity contribution in [3.05, 3.63) is 35.4 Å². The molecular weight excluding hydrogens is 196 g/mol. The van der Waals surface area contributed by atoms with E-state index >= 15 is 0 Å². The second kappa shape index (κ2) is 3.89. The van der Waals surface area contributed by atoms with E-state index in [0.717, 1.165) is 18.9 Å². The highest BCUT2D eigenvalue weighted by atomic mass is 19.1. The monoisotopic (exact) mass is 211 g/mol. The fourth-order valence-electron chi connectivity index (χ4n) is 2.44. The molecule has 1 nitrogen and oxygen atoms in total. The summed E-state index contributed by atoms with van der Waals surface area (Å²) in [6, 6.07) is 3.95. The van der Waals surface area contributed by atoms with Gasteiger partial charge in [-0.3, -0.25) is 0 Å². The van der Waals surface area contributed by atoms with E-state index in [1.165, 1.54) is 6.07 Å². The molecule has 1 aliphatic rings. The fraction of sp³-hybridized carbons (Fsp3) is 0.500. The lowest BCUT2D eigenvalue weighted by Gasteiger charge is -2.18. The van der Waals surface area contributed by atoms with Gasteiger partial charge in [0.1, 0.15) is 11.6 Å². The summed E-state index contributed by atoms with van der Waals surface area (Å²) in [6.45, 7) is 2.03. The van der Waals surface area contributed by atoms with Crippen molar-refractivity contribution in [2.75, 3.05) is 0 Å². The van der Waals surface area contributed by atoms with Crippen LogP contribution in [-0.2, 0) is 0 Å². The minimum absolute atomic E-state index is 0.138. The van der Waals surface area contributed by atoms with Gasteiger partial charge in [-0.05, 0) is 36.3 Å². The number of nitrogens with two attached hydrogens (primary N) is 1. The van der Waals surface area contributed by atoms with Crippen molar-refractivity contribution in [1.82, 2.24) is 0 Å². The van der Waals surface area contributed by atoms with Crippen molar-refractivity contribution in [1.29, 1.82) is 0 Å². The zero-order chi connectivity index (χ0) is 11.0. The average molecular weight is 211 g/mol. The van der Waals surface area contributed by atoms with Gasteiger partial charge < -0.3 is 5.73 Å². The molecule has 3 heteroatoms. The first kappa shape index (κ1) is 10.6. The summed E-state index contributed by atoms with van der Waals surface area (Å²) in [4.78, 5) is 0. The molecule has 0 aliphatic heterocycles. The second-order valence-corrected chi connectivity index (χ2v) is 4.37. The van der Waals surface area contributed by atoms with Gasteiger partial charge in [0, 0.05) is 12.1 Å². The van der Waals surface area contributed by atoms with E-state index in [-0.39, 0.29) is 17.9 Å². The number of hydrogen-bond acceptors (Lipinski definition) is 1. The molecule has 15 heavy (non-hydrogen) atoms. The van der Waals surface area contributed by atoms with Gasteiger partial charge in [0.05, 0.1) is 0 Å². The maximum Gasteiger partial charge on any atom is 0.129 e. The summed E-state index contributed by atoms with van der Waals surface area (Å²) in [6.07, 6.45) is 1.81. The van der Waals surface area contributed by atoms with Gasteiger partial charge in [0.15, 0.2) is 0 Å². The standard InChI is InChI=1S/C12H15F2N/c1-7-9(4-5-12(7)15)10-3-2-8(13)6-11(10)14/h2-3,6-7,9,12H,4-5,15H2,1H3. The number of rotatable bonds is 1. The van der Waals surface area contributed by atoms with E-state index in [0.29, 0.717) is 5.56 Å². The maximum atomic E-state index is 13.5. The molecule has 1 aromatic rings. The Morgan fingerprint density at radius 2 is 2.00 bits per heavy atom. The fourth-order valence-corrected chi connectivity index (χ4v) is 2.44. The molecule has 2 N–H and O–H groups in total. The highest BCUT2D eigenvalue weighted by molar-refractivity contribution is 5.25. The van der Waals surface area contributed by atoms with E-state index in [2.05, 4.69) is 0 Å². The highest BCUT2D eigenvalue weighted by Gasteiger charge is 2.32. The minimum Gasteiger partial charge on any atom is -0.327 e. The van der Waals surface area contributed by atoms with Crippen LogP contribution in [0.25, 0.3) is 0 Å². The summed E-state index contributed by atoms with van der Waals surface area (Å²) in [5.41, 5.74) is 6.50. The summed E-state index contributed by atoms with van der Waals surface area (Å²) in [7, 11) is 0. The molecule has 3 unspecified atom stereocenters. The van der Waals surface area contributed by atoms with Gasteiger partial charge >= 0.3 is 0 Å². The van der Waals surface area contributed by atoms with Crippen LogP contribution in [0.4, 0.5) is 8.78 Å². The maximum absolute atomic E-state index is 13.5. The number of halogens is 2. The minimum atomic E-state index is -0.522. The number of benzene rings is 1. The quantitative estimate of drug-likeness (QED) is 0.759. The third-order valence-electron chi connectivity index (χ3n) is 3.48. The van der Waals surface area contributed by atoms with Crippen molar-refractivity contribution in [2.24, 2.45) is 11.7 Å². The Hall–Kier alpha value is -0.960. The van der Waals surface area contributed by atoms with Crippen LogP contribution in [0.2, 0.25) is 0 Å². The van der Waals surface area contributed by atoms with E-state index in [4.69, 9.17) is 5.73 Å². The smallest absolute Gasteiger partial charge is 0.129 e. The second-order valence-electron chi connectivity index (χ2n) is 4.37. The first-order valence-corrected chi connectivity index (χ1v) is 5.30. The largest absolute Gasteiger partial charge is 0.327 e. The molecule has 0 bridgehead atoms. The third-order valence-corrected chi connectivity index (χ3v) is 3.48. The molecule has 0 amide bonds. The molecule has 2 rings (SSSR count). The Balaban J connectivity index is 2.30. The summed E-state index contributed by atoms with van der Waals surface area (Å²) >= 11 is 0. The van der Waals surface area contributed by atoms with Gasteiger partial charge in [-0.2, -0.15) is 0 Å². The summed E-state index contributed by atoms with van der Waals surface area (Å²) < 4.78 is 26.3. The van der Waals surface area contributed by atoms with Crippen LogP contribution in [0.15, 0.2) is 18.2 Å². The van der Waals surface area contributed by atoms with Crippen molar-refractivity contribution >= 4 is 0 Å². The normalized spacial score (nSPS) is 30.8. The summed E-state index contributed by atoms with van der Waals surface area (Å²) in [5, 5.41) is 0. The van der Waals surface area contributed by atoms with Crippen molar-refractivity contribution in [3.63, 3.8) is 0 Å². The third kappa shape index (κ3) is 1.88. The molecule has 0 heterocycles. The van der Waals surface area contributed by atoms with Crippen LogP contribution >= 0.6 is 0 Å². The Morgan fingerprint density at radius 1 is 1.27 bits per heavy atom. The van der Waals surface area contributed by atoms with E-state index in [1.54, 1.807) is 6.07 Å². The zero-order valence-electron chi connectivity index (χ0n) is 8.71. The van der Waals surface area contributed by atoms with Crippen LogP contribution in [0.1, 0.15) is 31.2 Å². The zero-order valence-corrected chi connectivity index (χ0v) is 8.71. The van der Waals surface area contributed by atoms with Gasteiger partial charge in [-0.25, -0.2) is 8.78 Å². The molecule has 1 aromatic carbocycles. The lowest BCUT2D eigenvalue weighted by atomic mass is 9.89. The van der Waals surface area contributed by atoms with Crippen molar-refractivity contribution in [2.45, 2.75) is 31.7 Å². The topological polar surface area (TPSA) is 26.0 Å². The average Bonchev–Trinajstić information content (AvgIpc) is 2.49. The van der Waals surface area contributed by atoms with E-state index in [9.17, 15) is 8.78 Å². The number of hydrogen-bond donors (Lipinski definition) is 1. The lowest BCUT2D eigenvalue weighted by Crippen LogP contribution is -2.24. The highest BCUT2D eigenvalue weighted by Crippen LogP contribution is 2.39. The molecular formula is C12H15F2N.